The topological polar surface area (TPSA) is 85.2 Å². The summed E-state index contributed by atoms with van der Waals surface area (Å²) in [6.45, 7) is 5.42. The molecule has 1 atom stereocenters. The van der Waals surface area contributed by atoms with Gasteiger partial charge in [0.05, 0.1) is 36.6 Å². The van der Waals surface area contributed by atoms with Crippen molar-refractivity contribution < 1.29 is 14.3 Å². The summed E-state index contributed by atoms with van der Waals surface area (Å²) >= 11 is 0. The molecule has 7 nitrogen and oxygen atoms in total. The first kappa shape index (κ1) is 18.1. The van der Waals surface area contributed by atoms with Crippen LogP contribution in [-0.4, -0.2) is 47.9 Å². The van der Waals surface area contributed by atoms with E-state index in [0.29, 0.717) is 37.2 Å². The van der Waals surface area contributed by atoms with E-state index in [1.165, 1.54) is 0 Å². The predicted molar refractivity (Wildman–Crippen MR) is 97.3 cm³/mol. The third-order valence-electron chi connectivity index (χ3n) is 4.58. The summed E-state index contributed by atoms with van der Waals surface area (Å²) in [6.07, 6.45) is 2.17. The second kappa shape index (κ2) is 7.70. The number of carbonyl (C=O) groups is 2. The normalized spacial score (nSPS) is 15.6. The Kier molecular flexibility index (Phi) is 5.37. The van der Waals surface area contributed by atoms with E-state index in [2.05, 4.69) is 15.7 Å². The highest BCUT2D eigenvalue weighted by atomic mass is 16.5. The van der Waals surface area contributed by atoms with Gasteiger partial charge in [-0.05, 0) is 25.5 Å². The van der Waals surface area contributed by atoms with Crippen molar-refractivity contribution >= 4 is 11.8 Å². The molecule has 0 fully saturated rings. The van der Waals surface area contributed by atoms with Gasteiger partial charge in [0.25, 0.3) is 11.8 Å². The summed E-state index contributed by atoms with van der Waals surface area (Å²) < 4.78 is 6.73. The van der Waals surface area contributed by atoms with E-state index >= 15 is 0 Å². The Bertz CT molecular complexity index is 828. The molecule has 0 saturated carbocycles. The molecule has 26 heavy (non-hydrogen) atoms. The molecule has 1 aromatic heterocycles. The molecule has 1 aromatic carbocycles. The molecule has 1 aliphatic rings. The molecule has 0 saturated heterocycles. The zero-order chi connectivity index (χ0) is 18.7. The van der Waals surface area contributed by atoms with Crippen molar-refractivity contribution in [1.82, 2.24) is 20.4 Å². The molecule has 0 aliphatic carbocycles. The summed E-state index contributed by atoms with van der Waals surface area (Å²) in [4.78, 5) is 24.8. The average molecular weight is 356 g/mol. The minimum absolute atomic E-state index is 0.0718. The zero-order valence-corrected chi connectivity index (χ0v) is 15.3. The van der Waals surface area contributed by atoms with Crippen LogP contribution in [0.1, 0.15) is 37.5 Å². The van der Waals surface area contributed by atoms with Crippen LogP contribution in [0.2, 0.25) is 0 Å². The quantitative estimate of drug-likeness (QED) is 0.763. The van der Waals surface area contributed by atoms with Gasteiger partial charge in [0.1, 0.15) is 0 Å². The average Bonchev–Trinajstić information content (AvgIpc) is 3.14. The highest BCUT2D eigenvalue weighted by Crippen LogP contribution is 2.20. The lowest BCUT2D eigenvalue weighted by Crippen LogP contribution is -2.36. The number of aromatic nitrogens is 2. The SMILES string of the molecule is COCCNC(=O)c1cnn2c1C[C@H](NC(=O)c1ccc(C)cc1C)C2. The lowest BCUT2D eigenvalue weighted by Gasteiger charge is -2.13. The van der Waals surface area contributed by atoms with Gasteiger partial charge in [-0.3, -0.25) is 14.3 Å². The first-order chi connectivity index (χ1) is 12.5. The molecule has 3 rings (SSSR count). The largest absolute Gasteiger partial charge is 0.383 e. The van der Waals surface area contributed by atoms with Crippen LogP contribution < -0.4 is 10.6 Å². The first-order valence-electron chi connectivity index (χ1n) is 8.69. The molecular weight excluding hydrogens is 332 g/mol. The van der Waals surface area contributed by atoms with Crippen LogP contribution in [0.4, 0.5) is 0 Å². The monoisotopic (exact) mass is 356 g/mol. The number of aryl methyl sites for hydroxylation is 2. The number of benzene rings is 1. The van der Waals surface area contributed by atoms with Crippen LogP contribution >= 0.6 is 0 Å². The number of fused-ring (bicyclic) bond motifs is 1. The lowest BCUT2D eigenvalue weighted by molar-refractivity contribution is 0.0931. The van der Waals surface area contributed by atoms with Gasteiger partial charge in [-0.2, -0.15) is 5.10 Å². The van der Waals surface area contributed by atoms with Gasteiger partial charge in [-0.25, -0.2) is 0 Å². The highest BCUT2D eigenvalue weighted by molar-refractivity contribution is 5.96. The van der Waals surface area contributed by atoms with Crippen LogP contribution in [0.25, 0.3) is 0 Å². The van der Waals surface area contributed by atoms with Crippen LogP contribution in [-0.2, 0) is 17.7 Å². The molecule has 7 heteroatoms. The lowest BCUT2D eigenvalue weighted by atomic mass is 10.0. The smallest absolute Gasteiger partial charge is 0.254 e. The summed E-state index contributed by atoms with van der Waals surface area (Å²) in [5, 5.41) is 10.1. The molecule has 2 aromatic rings. The van der Waals surface area contributed by atoms with Crippen molar-refractivity contribution in [2.45, 2.75) is 32.9 Å². The number of nitrogens with zero attached hydrogens (tertiary/aromatic N) is 2. The van der Waals surface area contributed by atoms with E-state index in [1.54, 1.807) is 18.0 Å². The van der Waals surface area contributed by atoms with E-state index < -0.39 is 0 Å². The molecule has 0 radical (unpaired) electrons. The second-order valence-electron chi connectivity index (χ2n) is 6.63. The second-order valence-corrected chi connectivity index (χ2v) is 6.63. The number of hydrogen-bond acceptors (Lipinski definition) is 4. The maximum atomic E-state index is 12.6. The third-order valence-corrected chi connectivity index (χ3v) is 4.58. The van der Waals surface area contributed by atoms with Crippen LogP contribution in [0.5, 0.6) is 0 Å². The first-order valence-corrected chi connectivity index (χ1v) is 8.69. The number of hydrogen-bond donors (Lipinski definition) is 2. The van der Waals surface area contributed by atoms with E-state index in [4.69, 9.17) is 4.74 Å². The van der Waals surface area contributed by atoms with Crippen molar-refractivity contribution in [2.24, 2.45) is 0 Å². The van der Waals surface area contributed by atoms with Crippen LogP contribution in [0.15, 0.2) is 24.4 Å². The van der Waals surface area contributed by atoms with Gasteiger partial charge in [0.15, 0.2) is 0 Å². The Labute approximate surface area is 152 Å². The van der Waals surface area contributed by atoms with Crippen molar-refractivity contribution in [1.29, 1.82) is 0 Å². The van der Waals surface area contributed by atoms with Crippen LogP contribution in [0, 0.1) is 13.8 Å². The number of methoxy groups -OCH3 is 1. The number of carbonyl (C=O) groups excluding carboxylic acids is 2. The van der Waals surface area contributed by atoms with Gasteiger partial charge >= 0.3 is 0 Å². The van der Waals surface area contributed by atoms with E-state index in [-0.39, 0.29) is 17.9 Å². The highest BCUT2D eigenvalue weighted by Gasteiger charge is 2.29. The maximum absolute atomic E-state index is 12.6. The molecule has 0 unspecified atom stereocenters. The van der Waals surface area contributed by atoms with Crippen molar-refractivity contribution in [3.05, 3.63) is 52.3 Å². The fraction of sp³-hybridized carbons (Fsp3) is 0.421. The molecular formula is C19H24N4O3. The number of rotatable bonds is 6. The summed E-state index contributed by atoms with van der Waals surface area (Å²) in [5.74, 6) is -0.256. The Morgan fingerprint density at radius 1 is 1.27 bits per heavy atom. The Morgan fingerprint density at radius 2 is 2.08 bits per heavy atom. The van der Waals surface area contributed by atoms with E-state index in [0.717, 1.165) is 16.8 Å². The Balaban J connectivity index is 1.64. The minimum Gasteiger partial charge on any atom is -0.383 e. The predicted octanol–water partition coefficient (Wildman–Crippen LogP) is 1.23. The summed E-state index contributed by atoms with van der Waals surface area (Å²) in [7, 11) is 1.59. The minimum atomic E-state index is -0.162. The molecule has 2 amide bonds. The maximum Gasteiger partial charge on any atom is 0.254 e. The third kappa shape index (κ3) is 3.77. The van der Waals surface area contributed by atoms with Crippen molar-refractivity contribution in [3.8, 4) is 0 Å². The van der Waals surface area contributed by atoms with Gasteiger partial charge in [0, 0.05) is 25.6 Å². The van der Waals surface area contributed by atoms with E-state index in [1.807, 2.05) is 32.0 Å². The molecule has 2 N–H and O–H groups in total. The van der Waals surface area contributed by atoms with Gasteiger partial charge in [0.2, 0.25) is 0 Å². The molecule has 1 aliphatic heterocycles. The zero-order valence-electron chi connectivity index (χ0n) is 15.3. The van der Waals surface area contributed by atoms with Crippen LogP contribution in [0.3, 0.4) is 0 Å². The van der Waals surface area contributed by atoms with E-state index in [9.17, 15) is 9.59 Å². The number of amides is 2. The summed E-state index contributed by atoms with van der Waals surface area (Å²) in [5.41, 5.74) is 4.17. The fourth-order valence-electron chi connectivity index (χ4n) is 3.27. The Hall–Kier alpha value is -2.67. The molecule has 0 spiro atoms. The Morgan fingerprint density at radius 3 is 2.81 bits per heavy atom. The standard InChI is InChI=1S/C19H24N4O3/c1-12-4-5-15(13(2)8-12)19(25)22-14-9-17-16(10-21-23(17)11-14)18(24)20-6-7-26-3/h4-5,8,10,14H,6-7,9,11H2,1-3H3,(H,20,24)(H,22,25)/t14-/m0/s1. The van der Waals surface area contributed by atoms with Crippen molar-refractivity contribution in [2.75, 3.05) is 20.3 Å². The van der Waals surface area contributed by atoms with Gasteiger partial charge in [-0.1, -0.05) is 17.7 Å². The van der Waals surface area contributed by atoms with Crippen molar-refractivity contribution in [3.63, 3.8) is 0 Å². The number of nitrogens with one attached hydrogen (secondary N) is 2. The number of ether oxygens (including phenoxy) is 1. The van der Waals surface area contributed by atoms with Gasteiger partial charge < -0.3 is 15.4 Å². The summed E-state index contributed by atoms with van der Waals surface area (Å²) in [6, 6.07) is 5.71. The molecule has 0 bridgehead atoms. The molecule has 2 heterocycles. The molecule has 138 valence electrons. The fourth-order valence-corrected chi connectivity index (χ4v) is 3.27. The van der Waals surface area contributed by atoms with Gasteiger partial charge in [-0.15, -0.1) is 0 Å².